The van der Waals surface area contributed by atoms with Gasteiger partial charge in [0.2, 0.25) is 0 Å². The topological polar surface area (TPSA) is 69.7 Å². The molecule has 2 fully saturated rings. The number of aliphatic hydroxyl groups excluding tert-OH is 1. The molecule has 2 saturated heterocycles. The van der Waals surface area contributed by atoms with Crippen molar-refractivity contribution in [3.63, 3.8) is 0 Å². The van der Waals surface area contributed by atoms with Crippen LogP contribution in [0.2, 0.25) is 0 Å². The minimum atomic E-state index is -0.779. The van der Waals surface area contributed by atoms with Crippen LogP contribution >= 0.6 is 0 Å². The first-order valence-corrected chi connectivity index (χ1v) is 19.6. The lowest BCUT2D eigenvalue weighted by atomic mass is 9.94. The summed E-state index contributed by atoms with van der Waals surface area (Å²) < 4.78 is 32.2. The van der Waals surface area contributed by atoms with Crippen LogP contribution in [-0.4, -0.2) is 54.4 Å². The van der Waals surface area contributed by atoms with E-state index in [-0.39, 0.29) is 36.6 Å². The van der Waals surface area contributed by atoms with Crippen LogP contribution in [0.1, 0.15) is 107 Å². The average molecular weight is 697 g/mol. The molecule has 0 aliphatic carbocycles. The fraction of sp³-hybridized carbons (Fsp3) is 0.556. The molecule has 6 nitrogen and oxygen atoms in total. The van der Waals surface area contributed by atoms with Crippen LogP contribution < -0.4 is 0 Å². The van der Waals surface area contributed by atoms with E-state index in [9.17, 15) is 5.11 Å². The molecule has 2 aliphatic rings. The van der Waals surface area contributed by atoms with Gasteiger partial charge in [-0.3, -0.25) is 0 Å². The van der Waals surface area contributed by atoms with Crippen LogP contribution in [-0.2, 0) is 43.5 Å². The van der Waals surface area contributed by atoms with Crippen molar-refractivity contribution in [2.45, 2.75) is 153 Å². The fourth-order valence-electron chi connectivity index (χ4n) is 6.93. The van der Waals surface area contributed by atoms with Gasteiger partial charge >= 0.3 is 0 Å². The van der Waals surface area contributed by atoms with Gasteiger partial charge in [0.05, 0.1) is 44.7 Å². The van der Waals surface area contributed by atoms with Crippen LogP contribution in [0.4, 0.5) is 0 Å². The summed E-state index contributed by atoms with van der Waals surface area (Å²) >= 11 is 0. The molecule has 276 valence electrons. The van der Waals surface area contributed by atoms with Crippen LogP contribution in [0.25, 0.3) is 0 Å². The summed E-state index contributed by atoms with van der Waals surface area (Å²) in [4.78, 5) is 0. The molecule has 0 amide bonds. The molecule has 2 heterocycles. The lowest BCUT2D eigenvalue weighted by molar-refractivity contribution is -0.221. The van der Waals surface area contributed by atoms with Gasteiger partial charge in [0.15, 0.2) is 0 Å². The summed E-state index contributed by atoms with van der Waals surface area (Å²) in [5.74, 6) is 6.26. The van der Waals surface area contributed by atoms with E-state index >= 15 is 0 Å². The van der Waals surface area contributed by atoms with E-state index in [1.54, 1.807) is 0 Å². The summed E-state index contributed by atoms with van der Waals surface area (Å²) in [6.07, 6.45) is 13.0. The summed E-state index contributed by atoms with van der Waals surface area (Å²) in [7, 11) is 0. The van der Waals surface area contributed by atoms with Gasteiger partial charge in [-0.1, -0.05) is 162 Å². The molecule has 5 rings (SSSR count). The van der Waals surface area contributed by atoms with Crippen molar-refractivity contribution in [1.29, 1.82) is 0 Å². The Bertz CT molecular complexity index is 1390. The molecule has 0 unspecified atom stereocenters. The third kappa shape index (κ3) is 14.5. The Hall–Kier alpha value is -3.02. The maximum Gasteiger partial charge on any atom is 0.143 e. The lowest BCUT2D eigenvalue weighted by Crippen LogP contribution is -2.52. The van der Waals surface area contributed by atoms with Gasteiger partial charge in [-0.05, 0) is 23.1 Å². The highest BCUT2D eigenvalue weighted by Gasteiger charge is 2.48. The molecule has 2 aliphatic heterocycles. The largest absolute Gasteiger partial charge is 0.378 e. The van der Waals surface area contributed by atoms with E-state index in [1.165, 1.54) is 57.8 Å². The van der Waals surface area contributed by atoms with Gasteiger partial charge in [-0.15, -0.1) is 5.92 Å². The molecule has 0 saturated carbocycles. The summed E-state index contributed by atoms with van der Waals surface area (Å²) in [6.45, 7) is 4.07. The van der Waals surface area contributed by atoms with E-state index in [0.717, 1.165) is 29.5 Å². The SMILES string of the molecule is CCCCCCCCCCCCC#C[C@@H](O)[C@H]1O[C@@H]1C[C@@H]1C[C@@H](OCc2ccccc2)[C@@H](OCc2ccccc2)[C@@H](COCc2ccccc2)O1. The predicted octanol–water partition coefficient (Wildman–Crippen LogP) is 9.36. The van der Waals surface area contributed by atoms with Gasteiger partial charge < -0.3 is 28.8 Å². The highest BCUT2D eigenvalue weighted by Crippen LogP contribution is 2.36. The van der Waals surface area contributed by atoms with Crippen LogP contribution in [0.15, 0.2) is 91.0 Å². The van der Waals surface area contributed by atoms with Crippen molar-refractivity contribution in [2.75, 3.05) is 6.61 Å². The van der Waals surface area contributed by atoms with Gasteiger partial charge in [0.25, 0.3) is 0 Å². The van der Waals surface area contributed by atoms with Crippen molar-refractivity contribution in [3.8, 4) is 11.8 Å². The number of hydrogen-bond donors (Lipinski definition) is 1. The Morgan fingerprint density at radius 1 is 0.667 bits per heavy atom. The molecule has 3 aromatic rings. The Morgan fingerprint density at radius 2 is 1.22 bits per heavy atom. The van der Waals surface area contributed by atoms with E-state index in [2.05, 4.69) is 55.2 Å². The maximum atomic E-state index is 10.8. The second-order valence-corrected chi connectivity index (χ2v) is 14.2. The minimum absolute atomic E-state index is 0.0981. The van der Waals surface area contributed by atoms with Crippen molar-refractivity contribution in [1.82, 2.24) is 0 Å². The number of rotatable bonds is 23. The standard InChI is InChI=1S/C45H60O6/c1-2-3-4-5-6-7-8-9-10-11-12-22-29-40(46)44-42(51-44)31-39-30-41(48-33-37-25-18-14-19-26-37)45(49-34-38-27-20-15-21-28-38)43(50-39)35-47-32-36-23-16-13-17-24-36/h13-21,23-28,39-46H,2-12,30-35H2,1H3/t39-,40+,41+,42+,43+,44+,45+/m0/s1. The lowest BCUT2D eigenvalue weighted by Gasteiger charge is -2.41. The first-order valence-electron chi connectivity index (χ1n) is 19.6. The van der Waals surface area contributed by atoms with Gasteiger partial charge in [0.1, 0.15) is 24.4 Å². The average Bonchev–Trinajstić information content (AvgIpc) is 3.94. The Balaban J connectivity index is 1.13. The number of aliphatic hydroxyl groups is 1. The van der Waals surface area contributed by atoms with Crippen LogP contribution in [0.5, 0.6) is 0 Å². The normalized spacial score (nSPS) is 23.3. The molecule has 0 bridgehead atoms. The third-order valence-electron chi connectivity index (χ3n) is 9.91. The molecule has 7 atom stereocenters. The second-order valence-electron chi connectivity index (χ2n) is 14.2. The quantitative estimate of drug-likeness (QED) is 0.0606. The zero-order valence-corrected chi connectivity index (χ0v) is 30.7. The molecular weight excluding hydrogens is 636 g/mol. The molecule has 3 aromatic carbocycles. The van der Waals surface area contributed by atoms with Gasteiger partial charge in [-0.25, -0.2) is 0 Å². The molecule has 0 spiro atoms. The van der Waals surface area contributed by atoms with Crippen molar-refractivity contribution < 1.29 is 28.8 Å². The summed E-state index contributed by atoms with van der Waals surface area (Å²) in [5, 5.41) is 10.8. The maximum absolute atomic E-state index is 10.8. The first kappa shape index (κ1) is 39.2. The van der Waals surface area contributed by atoms with E-state index in [0.29, 0.717) is 39.3 Å². The third-order valence-corrected chi connectivity index (χ3v) is 9.91. The number of epoxide rings is 1. The Morgan fingerprint density at radius 3 is 1.82 bits per heavy atom. The highest BCUT2D eigenvalue weighted by atomic mass is 16.6. The number of hydrogen-bond acceptors (Lipinski definition) is 6. The molecule has 51 heavy (non-hydrogen) atoms. The molecular formula is C45H60O6. The minimum Gasteiger partial charge on any atom is -0.378 e. The smallest absolute Gasteiger partial charge is 0.143 e. The van der Waals surface area contributed by atoms with Crippen LogP contribution in [0.3, 0.4) is 0 Å². The molecule has 0 aromatic heterocycles. The number of unbranched alkanes of at least 4 members (excludes halogenated alkanes) is 10. The summed E-state index contributed by atoms with van der Waals surface area (Å²) in [5.41, 5.74) is 3.33. The zero-order chi connectivity index (χ0) is 35.4. The second kappa shape index (κ2) is 22.8. The summed E-state index contributed by atoms with van der Waals surface area (Å²) in [6, 6.07) is 30.6. The number of ether oxygens (including phenoxy) is 5. The predicted molar refractivity (Wildman–Crippen MR) is 203 cm³/mol. The monoisotopic (exact) mass is 696 g/mol. The van der Waals surface area contributed by atoms with Crippen LogP contribution in [0, 0.1) is 11.8 Å². The first-order chi connectivity index (χ1) is 25.2. The number of benzene rings is 3. The van der Waals surface area contributed by atoms with Crippen molar-refractivity contribution in [2.24, 2.45) is 0 Å². The zero-order valence-electron chi connectivity index (χ0n) is 30.7. The van der Waals surface area contributed by atoms with E-state index in [1.807, 2.05) is 54.6 Å². The molecule has 1 N–H and O–H groups in total. The van der Waals surface area contributed by atoms with Crippen molar-refractivity contribution in [3.05, 3.63) is 108 Å². The van der Waals surface area contributed by atoms with Gasteiger partial charge in [0, 0.05) is 19.3 Å². The highest BCUT2D eigenvalue weighted by molar-refractivity contribution is 5.16. The molecule has 6 heteroatoms. The van der Waals surface area contributed by atoms with E-state index < -0.39 is 6.10 Å². The Labute approximate surface area is 307 Å². The van der Waals surface area contributed by atoms with Crippen molar-refractivity contribution >= 4 is 0 Å². The Kier molecular flexibility index (Phi) is 17.5. The van der Waals surface area contributed by atoms with E-state index in [4.69, 9.17) is 23.7 Å². The fourth-order valence-corrected chi connectivity index (χ4v) is 6.93. The van der Waals surface area contributed by atoms with Gasteiger partial charge in [-0.2, -0.15) is 0 Å². The molecule has 0 radical (unpaired) electrons.